The molecule has 0 radical (unpaired) electrons. The minimum absolute atomic E-state index is 0.277. The van der Waals surface area contributed by atoms with Gasteiger partial charge in [0.05, 0.1) is 11.6 Å². The van der Waals surface area contributed by atoms with Gasteiger partial charge in [0.15, 0.2) is 0 Å². The molecule has 1 N–H and O–H groups in total. The summed E-state index contributed by atoms with van der Waals surface area (Å²) in [5.74, 6) is -0.878. The van der Waals surface area contributed by atoms with Gasteiger partial charge in [0.2, 0.25) is 0 Å². The van der Waals surface area contributed by atoms with Crippen LogP contribution in [0.15, 0.2) is 66.7 Å². The third-order valence-electron chi connectivity index (χ3n) is 6.48. The highest BCUT2D eigenvalue weighted by molar-refractivity contribution is 5.87. The Hall–Kier alpha value is -3.09. The molecule has 2 heterocycles. The van der Waals surface area contributed by atoms with Crippen molar-refractivity contribution < 1.29 is 18.3 Å². The molecule has 4 aromatic rings. The number of aliphatic hydroxyl groups is 1. The van der Waals surface area contributed by atoms with E-state index in [1.807, 2.05) is 0 Å². The van der Waals surface area contributed by atoms with Crippen molar-refractivity contribution >= 4 is 10.9 Å². The molecule has 1 atom stereocenters. The SMILES string of the molecule is OC(CCCN1CCc2c(c3cc(F)ccc3n2-c2ccc(F)cc2)C1)c1ccc(F)cc1. The van der Waals surface area contributed by atoms with Crippen molar-refractivity contribution in [2.75, 3.05) is 13.1 Å². The Bertz CT molecular complexity index is 1270. The topological polar surface area (TPSA) is 28.4 Å². The second kappa shape index (κ2) is 9.04. The highest BCUT2D eigenvalue weighted by atomic mass is 19.1. The fraction of sp³-hybridized carbons (Fsp3) is 0.259. The molecule has 33 heavy (non-hydrogen) atoms. The number of fused-ring (bicyclic) bond motifs is 3. The van der Waals surface area contributed by atoms with E-state index in [-0.39, 0.29) is 17.5 Å². The van der Waals surface area contributed by atoms with Crippen LogP contribution in [0.25, 0.3) is 16.6 Å². The number of nitrogens with zero attached hydrogens (tertiary/aromatic N) is 2. The fourth-order valence-corrected chi connectivity index (χ4v) is 4.82. The summed E-state index contributed by atoms with van der Waals surface area (Å²) in [5, 5.41) is 11.3. The lowest BCUT2D eigenvalue weighted by molar-refractivity contribution is 0.153. The number of aliphatic hydroxyl groups excluding tert-OH is 1. The second-order valence-corrected chi connectivity index (χ2v) is 8.63. The van der Waals surface area contributed by atoms with Gasteiger partial charge in [-0.3, -0.25) is 4.90 Å². The van der Waals surface area contributed by atoms with Gasteiger partial charge in [-0.1, -0.05) is 12.1 Å². The predicted octanol–water partition coefficient (Wildman–Crippen LogP) is 5.92. The molecule has 6 heteroatoms. The number of rotatable bonds is 6. The molecular weight excluding hydrogens is 425 g/mol. The van der Waals surface area contributed by atoms with E-state index in [0.29, 0.717) is 13.0 Å². The van der Waals surface area contributed by atoms with Crippen molar-refractivity contribution in [3.8, 4) is 5.69 Å². The standard InChI is InChI=1S/C27H25F3N2O/c28-19-5-3-18(4-6-19)27(33)2-1-14-31-15-13-26-24(17-31)23-16-21(30)9-12-25(23)32(26)22-10-7-20(29)8-11-22/h3-12,16,27,33H,1-2,13-15,17H2. The van der Waals surface area contributed by atoms with Crippen molar-refractivity contribution in [3.05, 3.63) is 101 Å². The molecule has 1 unspecified atom stereocenters. The second-order valence-electron chi connectivity index (χ2n) is 8.63. The van der Waals surface area contributed by atoms with Gasteiger partial charge in [-0.2, -0.15) is 0 Å². The molecule has 5 rings (SSSR count). The third-order valence-corrected chi connectivity index (χ3v) is 6.48. The van der Waals surface area contributed by atoms with Crippen LogP contribution in [0.5, 0.6) is 0 Å². The van der Waals surface area contributed by atoms with Crippen LogP contribution in [0.3, 0.4) is 0 Å². The highest BCUT2D eigenvalue weighted by Crippen LogP contribution is 2.34. The molecule has 0 saturated heterocycles. The maximum Gasteiger partial charge on any atom is 0.123 e. The molecular formula is C27H25F3N2O. The van der Waals surface area contributed by atoms with Crippen LogP contribution in [0.1, 0.15) is 35.8 Å². The first-order valence-electron chi connectivity index (χ1n) is 11.2. The highest BCUT2D eigenvalue weighted by Gasteiger charge is 2.25. The van der Waals surface area contributed by atoms with E-state index in [2.05, 4.69) is 9.47 Å². The van der Waals surface area contributed by atoms with Crippen molar-refractivity contribution in [2.24, 2.45) is 0 Å². The van der Waals surface area contributed by atoms with Crippen LogP contribution in [0.4, 0.5) is 13.2 Å². The Morgan fingerprint density at radius 1 is 0.848 bits per heavy atom. The summed E-state index contributed by atoms with van der Waals surface area (Å²) >= 11 is 0. The van der Waals surface area contributed by atoms with Gasteiger partial charge in [-0.25, -0.2) is 13.2 Å². The van der Waals surface area contributed by atoms with Crippen molar-refractivity contribution in [1.29, 1.82) is 0 Å². The first-order valence-corrected chi connectivity index (χ1v) is 11.2. The molecule has 0 saturated carbocycles. The maximum absolute atomic E-state index is 14.1. The van der Waals surface area contributed by atoms with Crippen LogP contribution in [0.2, 0.25) is 0 Å². The molecule has 0 bridgehead atoms. The number of hydrogen-bond donors (Lipinski definition) is 1. The third kappa shape index (κ3) is 4.41. The summed E-state index contributed by atoms with van der Waals surface area (Å²) in [5.41, 5.74) is 4.73. The van der Waals surface area contributed by atoms with E-state index >= 15 is 0 Å². The zero-order valence-electron chi connectivity index (χ0n) is 18.1. The molecule has 170 valence electrons. The predicted molar refractivity (Wildman–Crippen MR) is 123 cm³/mol. The molecule has 0 spiro atoms. The summed E-state index contributed by atoms with van der Waals surface area (Å²) in [6, 6.07) is 17.2. The van der Waals surface area contributed by atoms with Gasteiger partial charge in [0, 0.05) is 36.3 Å². The number of hydrogen-bond acceptors (Lipinski definition) is 2. The molecule has 1 aromatic heterocycles. The normalized spacial score (nSPS) is 15.0. The van der Waals surface area contributed by atoms with Crippen LogP contribution in [0, 0.1) is 17.5 Å². The van der Waals surface area contributed by atoms with E-state index in [1.54, 1.807) is 36.4 Å². The summed E-state index contributed by atoms with van der Waals surface area (Å²) in [6.45, 7) is 2.34. The zero-order chi connectivity index (χ0) is 22.9. The summed E-state index contributed by atoms with van der Waals surface area (Å²) in [4.78, 5) is 2.32. The fourth-order valence-electron chi connectivity index (χ4n) is 4.82. The lowest BCUT2D eigenvalue weighted by Crippen LogP contribution is -2.32. The quantitative estimate of drug-likeness (QED) is 0.395. The van der Waals surface area contributed by atoms with E-state index in [9.17, 15) is 18.3 Å². The van der Waals surface area contributed by atoms with E-state index in [4.69, 9.17) is 0 Å². The molecule has 1 aliphatic rings. The molecule has 3 aromatic carbocycles. The monoisotopic (exact) mass is 450 g/mol. The van der Waals surface area contributed by atoms with E-state index in [0.717, 1.165) is 59.3 Å². The molecule has 0 amide bonds. The van der Waals surface area contributed by atoms with Crippen molar-refractivity contribution in [2.45, 2.75) is 31.9 Å². The van der Waals surface area contributed by atoms with Crippen molar-refractivity contribution in [1.82, 2.24) is 9.47 Å². The Morgan fingerprint density at radius 2 is 1.52 bits per heavy atom. The number of aromatic nitrogens is 1. The van der Waals surface area contributed by atoms with Gasteiger partial charge < -0.3 is 9.67 Å². The van der Waals surface area contributed by atoms with Gasteiger partial charge >= 0.3 is 0 Å². The minimum atomic E-state index is -0.625. The first kappa shape index (κ1) is 21.7. The average molecular weight is 451 g/mol. The van der Waals surface area contributed by atoms with E-state index in [1.165, 1.54) is 30.3 Å². The number of halogens is 3. The largest absolute Gasteiger partial charge is 0.388 e. The smallest absolute Gasteiger partial charge is 0.123 e. The van der Waals surface area contributed by atoms with Gasteiger partial charge in [0.25, 0.3) is 0 Å². The molecule has 0 fully saturated rings. The molecule has 1 aliphatic heterocycles. The summed E-state index contributed by atoms with van der Waals surface area (Å²) < 4.78 is 42.8. The first-order chi connectivity index (χ1) is 16.0. The average Bonchev–Trinajstić information content (AvgIpc) is 3.13. The Labute approximate surface area is 190 Å². The molecule has 3 nitrogen and oxygen atoms in total. The van der Waals surface area contributed by atoms with Crippen LogP contribution in [-0.2, 0) is 13.0 Å². The van der Waals surface area contributed by atoms with Crippen LogP contribution >= 0.6 is 0 Å². The van der Waals surface area contributed by atoms with Gasteiger partial charge in [-0.15, -0.1) is 0 Å². The van der Waals surface area contributed by atoms with Gasteiger partial charge in [0.1, 0.15) is 17.5 Å². The molecule has 0 aliphatic carbocycles. The lowest BCUT2D eigenvalue weighted by atomic mass is 10.0. The summed E-state index contributed by atoms with van der Waals surface area (Å²) in [6.07, 6.45) is 1.55. The zero-order valence-corrected chi connectivity index (χ0v) is 18.1. The van der Waals surface area contributed by atoms with Gasteiger partial charge in [-0.05, 0) is 85.1 Å². The Balaban J connectivity index is 1.35. The van der Waals surface area contributed by atoms with E-state index < -0.39 is 6.10 Å². The Morgan fingerprint density at radius 3 is 2.24 bits per heavy atom. The Kier molecular flexibility index (Phi) is 5.96. The van der Waals surface area contributed by atoms with Crippen LogP contribution < -0.4 is 0 Å². The lowest BCUT2D eigenvalue weighted by Gasteiger charge is -2.28. The van der Waals surface area contributed by atoms with Crippen LogP contribution in [-0.4, -0.2) is 27.7 Å². The summed E-state index contributed by atoms with van der Waals surface area (Å²) in [7, 11) is 0. The minimum Gasteiger partial charge on any atom is -0.388 e. The van der Waals surface area contributed by atoms with Crippen molar-refractivity contribution in [3.63, 3.8) is 0 Å². The maximum atomic E-state index is 14.1. The number of benzene rings is 3.